The van der Waals surface area contributed by atoms with Crippen LogP contribution in [0, 0.1) is 6.92 Å². The predicted octanol–water partition coefficient (Wildman–Crippen LogP) is 4.79. The minimum Gasteiger partial charge on any atom is -0.497 e. The molecular weight excluding hydrogens is 554 g/mol. The lowest BCUT2D eigenvalue weighted by Crippen LogP contribution is -2.17. The molecule has 0 aliphatic heterocycles. The predicted molar refractivity (Wildman–Crippen MR) is 164 cm³/mol. The van der Waals surface area contributed by atoms with Crippen molar-refractivity contribution in [2.75, 3.05) is 42.6 Å². The number of carbonyl (C=O) groups is 1. The summed E-state index contributed by atoms with van der Waals surface area (Å²) in [6, 6.07) is 19.7. The number of carbonyl (C=O) groups excluding carboxylic acids is 1. The number of ether oxygens (including phenoxy) is 1. The van der Waals surface area contributed by atoms with Crippen LogP contribution in [0.5, 0.6) is 5.75 Å². The fourth-order valence-corrected chi connectivity index (χ4v) is 5.15. The molecule has 0 atom stereocenters. The van der Waals surface area contributed by atoms with Gasteiger partial charge in [0.15, 0.2) is 9.84 Å². The number of rotatable bonds is 9. The molecule has 11 nitrogen and oxygen atoms in total. The van der Waals surface area contributed by atoms with Gasteiger partial charge in [-0.25, -0.2) is 18.4 Å². The molecule has 0 unspecified atom stereocenters. The van der Waals surface area contributed by atoms with E-state index in [0.29, 0.717) is 23.5 Å². The van der Waals surface area contributed by atoms with Crippen LogP contribution >= 0.6 is 0 Å². The summed E-state index contributed by atoms with van der Waals surface area (Å²) < 4.78 is 28.9. The summed E-state index contributed by atoms with van der Waals surface area (Å²) in [5.41, 5.74) is 4.90. The van der Waals surface area contributed by atoms with Crippen LogP contribution in [0.4, 0.5) is 29.1 Å². The molecule has 2 heterocycles. The lowest BCUT2D eigenvalue weighted by Gasteiger charge is -2.22. The molecular formula is C30H31N7O4S. The van der Waals surface area contributed by atoms with Crippen molar-refractivity contribution in [3.8, 4) is 5.75 Å². The molecule has 2 N–H and O–H groups in total. The third-order valence-electron chi connectivity index (χ3n) is 6.83. The Labute approximate surface area is 244 Å². The normalized spacial score (nSPS) is 11.4. The molecule has 12 heteroatoms. The van der Waals surface area contributed by atoms with E-state index in [1.807, 2.05) is 62.3 Å². The molecule has 0 saturated carbocycles. The van der Waals surface area contributed by atoms with E-state index in [0.717, 1.165) is 33.5 Å². The van der Waals surface area contributed by atoms with E-state index in [4.69, 9.17) is 9.72 Å². The van der Waals surface area contributed by atoms with Gasteiger partial charge in [-0.2, -0.15) is 4.98 Å². The van der Waals surface area contributed by atoms with E-state index >= 15 is 0 Å². The number of fused-ring (bicyclic) bond motifs is 1. The number of aryl methyl sites for hydroxylation is 1. The first-order chi connectivity index (χ1) is 20.0. The van der Waals surface area contributed by atoms with E-state index in [1.165, 1.54) is 6.26 Å². The molecule has 0 aliphatic carbocycles. The zero-order valence-corrected chi connectivity index (χ0v) is 24.7. The van der Waals surface area contributed by atoms with Crippen molar-refractivity contribution in [1.29, 1.82) is 0 Å². The lowest BCUT2D eigenvalue weighted by atomic mass is 10.1. The summed E-state index contributed by atoms with van der Waals surface area (Å²) in [6.45, 7) is 1.96. The number of H-pyrrole nitrogens is 1. The number of methoxy groups -OCH3 is 1. The fraction of sp³-hybridized carbons (Fsp3) is 0.200. The summed E-state index contributed by atoms with van der Waals surface area (Å²) in [5.74, 6) is 1.98. The molecule has 42 heavy (non-hydrogen) atoms. The Bertz CT molecular complexity index is 1870. The highest BCUT2D eigenvalue weighted by molar-refractivity contribution is 7.90. The van der Waals surface area contributed by atoms with Gasteiger partial charge in [-0.15, -0.1) is 0 Å². The summed E-state index contributed by atoms with van der Waals surface area (Å²) in [7, 11) is 2.03. The van der Waals surface area contributed by atoms with Gasteiger partial charge in [-0.05, 0) is 72.6 Å². The molecule has 216 valence electrons. The Kier molecular flexibility index (Phi) is 7.81. The fourth-order valence-electron chi connectivity index (χ4n) is 4.52. The quantitative estimate of drug-likeness (QED) is 0.250. The van der Waals surface area contributed by atoms with Crippen LogP contribution in [0.25, 0.3) is 11.0 Å². The summed E-state index contributed by atoms with van der Waals surface area (Å²) in [4.78, 5) is 33.6. The number of nitrogens with zero attached hydrogens (tertiary/aromatic N) is 5. The van der Waals surface area contributed by atoms with Crippen molar-refractivity contribution in [2.24, 2.45) is 0 Å². The molecule has 0 saturated heterocycles. The third-order valence-corrected chi connectivity index (χ3v) is 7.96. The van der Waals surface area contributed by atoms with Crippen molar-refractivity contribution in [3.63, 3.8) is 0 Å². The van der Waals surface area contributed by atoms with E-state index in [1.54, 1.807) is 48.5 Å². The topological polar surface area (TPSA) is 133 Å². The Hall–Kier alpha value is -4.97. The maximum atomic E-state index is 12.7. The van der Waals surface area contributed by atoms with Crippen molar-refractivity contribution < 1.29 is 17.9 Å². The maximum Gasteiger partial charge on any atom is 0.231 e. The lowest BCUT2D eigenvalue weighted by molar-refractivity contribution is -0.115. The van der Waals surface area contributed by atoms with Gasteiger partial charge in [0.2, 0.25) is 17.8 Å². The van der Waals surface area contributed by atoms with E-state index in [-0.39, 0.29) is 17.2 Å². The number of nitrogens with one attached hydrogen (secondary N) is 2. The molecule has 0 fully saturated rings. The highest BCUT2D eigenvalue weighted by atomic mass is 32.2. The van der Waals surface area contributed by atoms with Crippen LogP contribution < -0.4 is 19.9 Å². The van der Waals surface area contributed by atoms with Gasteiger partial charge < -0.3 is 19.5 Å². The van der Waals surface area contributed by atoms with Crippen LogP contribution in [-0.4, -0.2) is 61.7 Å². The Morgan fingerprint density at radius 3 is 2.45 bits per heavy atom. The second-order valence-electron chi connectivity index (χ2n) is 9.92. The smallest absolute Gasteiger partial charge is 0.231 e. The van der Waals surface area contributed by atoms with Crippen molar-refractivity contribution in [3.05, 3.63) is 84.1 Å². The number of aromatic amines is 1. The minimum absolute atomic E-state index is 0.188. The number of aromatic nitrogens is 4. The Morgan fingerprint density at radius 2 is 1.74 bits per heavy atom. The number of hydrogen-bond donors (Lipinski definition) is 2. The highest BCUT2D eigenvalue weighted by Crippen LogP contribution is 2.30. The third kappa shape index (κ3) is 6.18. The summed E-state index contributed by atoms with van der Waals surface area (Å²) in [5, 5.41) is 2.85. The monoisotopic (exact) mass is 585 g/mol. The maximum absolute atomic E-state index is 12.7. The number of anilines is 5. The van der Waals surface area contributed by atoms with Gasteiger partial charge in [0, 0.05) is 37.9 Å². The molecule has 0 bridgehead atoms. The molecule has 0 spiro atoms. The number of sulfone groups is 1. The van der Waals surface area contributed by atoms with Gasteiger partial charge in [-0.1, -0.05) is 12.1 Å². The zero-order valence-electron chi connectivity index (χ0n) is 23.9. The molecule has 1 amide bonds. The summed E-state index contributed by atoms with van der Waals surface area (Å²) in [6.07, 6.45) is 3.04. The van der Waals surface area contributed by atoms with Crippen molar-refractivity contribution >= 4 is 55.9 Å². The first kappa shape index (κ1) is 28.6. The Balaban J connectivity index is 1.34. The molecule has 0 aliphatic rings. The number of hydrogen-bond acceptors (Lipinski definition) is 9. The van der Waals surface area contributed by atoms with Gasteiger partial charge in [0.1, 0.15) is 11.6 Å². The first-order valence-corrected chi connectivity index (χ1v) is 14.9. The van der Waals surface area contributed by atoms with Crippen molar-refractivity contribution in [2.45, 2.75) is 18.2 Å². The number of benzene rings is 3. The van der Waals surface area contributed by atoms with Gasteiger partial charge in [0.25, 0.3) is 0 Å². The second-order valence-corrected chi connectivity index (χ2v) is 11.9. The van der Waals surface area contributed by atoms with Crippen LogP contribution in [0.1, 0.15) is 11.1 Å². The molecule has 5 rings (SSSR count). The SMILES string of the molecule is COc1cccc(CC(=O)Nc2nc3c(C)cc(N(C)c4ccnc(N(C)c5ccc(S(C)(=O)=O)cc5)n4)cc3[nH]2)c1. The average Bonchev–Trinajstić information content (AvgIpc) is 3.39. The molecule has 2 aromatic heterocycles. The number of amides is 1. The largest absolute Gasteiger partial charge is 0.497 e. The minimum atomic E-state index is -3.29. The van der Waals surface area contributed by atoms with E-state index in [2.05, 4.69) is 20.3 Å². The van der Waals surface area contributed by atoms with E-state index in [9.17, 15) is 13.2 Å². The van der Waals surface area contributed by atoms with Crippen LogP contribution in [0.15, 0.2) is 77.8 Å². The Morgan fingerprint density at radius 1 is 0.976 bits per heavy atom. The average molecular weight is 586 g/mol. The highest BCUT2D eigenvalue weighted by Gasteiger charge is 2.16. The van der Waals surface area contributed by atoms with Crippen LogP contribution in [-0.2, 0) is 21.1 Å². The molecule has 5 aromatic rings. The summed E-state index contributed by atoms with van der Waals surface area (Å²) >= 11 is 0. The van der Waals surface area contributed by atoms with Crippen LogP contribution in [0.2, 0.25) is 0 Å². The standard InChI is InChI=1S/C30H31N7O4S/c1-19-15-22(18-25-28(19)35-29(32-25)34-27(38)17-20-7-6-8-23(16-20)41-4)36(2)26-13-14-31-30(33-26)37(3)21-9-11-24(12-10-21)42(5,39)40/h6-16,18H,17H2,1-5H3,(H2,32,34,35,38). The molecule has 3 aromatic carbocycles. The zero-order chi connectivity index (χ0) is 30.0. The van der Waals surface area contributed by atoms with Gasteiger partial charge in [0.05, 0.1) is 29.5 Å². The first-order valence-electron chi connectivity index (χ1n) is 13.1. The van der Waals surface area contributed by atoms with Crippen LogP contribution in [0.3, 0.4) is 0 Å². The van der Waals surface area contributed by atoms with Crippen molar-refractivity contribution in [1.82, 2.24) is 19.9 Å². The second kappa shape index (κ2) is 11.5. The van der Waals surface area contributed by atoms with Gasteiger partial charge in [-0.3, -0.25) is 10.1 Å². The van der Waals surface area contributed by atoms with E-state index < -0.39 is 9.84 Å². The number of imidazole rings is 1. The van der Waals surface area contributed by atoms with Gasteiger partial charge >= 0.3 is 0 Å². The molecule has 0 radical (unpaired) electrons.